The molecule has 0 saturated carbocycles. The summed E-state index contributed by atoms with van der Waals surface area (Å²) in [6.07, 6.45) is -2.65. The van der Waals surface area contributed by atoms with Crippen molar-refractivity contribution in [3.63, 3.8) is 0 Å². The van der Waals surface area contributed by atoms with Gasteiger partial charge in [-0.05, 0) is 41.1 Å². The van der Waals surface area contributed by atoms with E-state index in [0.717, 1.165) is 20.5 Å². The summed E-state index contributed by atoms with van der Waals surface area (Å²) in [5.41, 5.74) is 1.94. The molecule has 0 atom stereocenters. The largest absolute Gasteiger partial charge is 0.488 e. The number of ether oxygens (including phenoxy) is 1. The lowest BCUT2D eigenvalue weighted by molar-refractivity contribution is 0.144. The Morgan fingerprint density at radius 2 is 1.93 bits per heavy atom. The molecule has 27 heavy (non-hydrogen) atoms. The topological polar surface area (TPSA) is 61.9 Å². The van der Waals surface area contributed by atoms with Crippen LogP contribution in [-0.4, -0.2) is 19.8 Å². The van der Waals surface area contributed by atoms with Crippen molar-refractivity contribution in [1.82, 2.24) is 19.8 Å². The maximum atomic E-state index is 13.2. The van der Waals surface area contributed by atoms with Crippen LogP contribution in [0.25, 0.3) is 11.3 Å². The summed E-state index contributed by atoms with van der Waals surface area (Å²) in [6.45, 7) is 5.72. The number of rotatable bonds is 6. The number of benzene rings is 2. The smallest absolute Gasteiger partial charge is 0.368 e. The van der Waals surface area contributed by atoms with E-state index in [0.29, 0.717) is 11.3 Å². The SMILES string of the molecule is C=C(C)c1cccc(-n2nnn(C)c2=O)c1COc1ccccc1C(F)F. The summed E-state index contributed by atoms with van der Waals surface area (Å²) in [4.78, 5) is 12.3. The Hall–Kier alpha value is -3.29. The van der Waals surface area contributed by atoms with E-state index in [1.54, 1.807) is 18.2 Å². The van der Waals surface area contributed by atoms with Crippen LogP contribution in [-0.2, 0) is 13.7 Å². The molecule has 0 radical (unpaired) electrons. The van der Waals surface area contributed by atoms with E-state index in [9.17, 15) is 13.6 Å². The van der Waals surface area contributed by atoms with Crippen LogP contribution in [0.1, 0.15) is 30.0 Å². The van der Waals surface area contributed by atoms with Crippen LogP contribution in [0.3, 0.4) is 0 Å². The van der Waals surface area contributed by atoms with Crippen molar-refractivity contribution in [2.45, 2.75) is 20.0 Å². The van der Waals surface area contributed by atoms with Gasteiger partial charge in [0.1, 0.15) is 12.4 Å². The maximum absolute atomic E-state index is 13.2. The minimum absolute atomic E-state index is 0.0366. The van der Waals surface area contributed by atoms with Gasteiger partial charge in [-0.3, -0.25) is 0 Å². The second kappa shape index (κ2) is 7.53. The monoisotopic (exact) mass is 372 g/mol. The van der Waals surface area contributed by atoms with Crippen molar-refractivity contribution < 1.29 is 13.5 Å². The van der Waals surface area contributed by atoms with Gasteiger partial charge in [0.15, 0.2) is 0 Å². The first-order chi connectivity index (χ1) is 12.9. The highest BCUT2D eigenvalue weighted by Crippen LogP contribution is 2.30. The van der Waals surface area contributed by atoms with Gasteiger partial charge in [0.25, 0.3) is 6.43 Å². The van der Waals surface area contributed by atoms with Gasteiger partial charge in [0.2, 0.25) is 0 Å². The summed E-state index contributed by atoms with van der Waals surface area (Å²) >= 11 is 0. The first-order valence-electron chi connectivity index (χ1n) is 8.17. The normalized spacial score (nSPS) is 11.0. The Kier molecular flexibility index (Phi) is 5.16. The molecular formula is C19H18F2N4O2. The minimum Gasteiger partial charge on any atom is -0.488 e. The number of hydrogen-bond acceptors (Lipinski definition) is 4. The zero-order valence-electron chi connectivity index (χ0n) is 14.9. The fourth-order valence-electron chi connectivity index (χ4n) is 2.73. The molecule has 1 heterocycles. The first kappa shape index (κ1) is 18.5. The summed E-state index contributed by atoms with van der Waals surface area (Å²) in [5, 5.41) is 7.58. The molecule has 3 rings (SSSR count). The third-order valence-electron chi connectivity index (χ3n) is 4.09. The number of nitrogens with zero attached hydrogens (tertiary/aromatic N) is 4. The average molecular weight is 372 g/mol. The molecule has 0 unspecified atom stereocenters. The molecule has 0 aliphatic heterocycles. The fraction of sp³-hybridized carbons (Fsp3) is 0.211. The summed E-state index contributed by atoms with van der Waals surface area (Å²) in [5.74, 6) is 0.0847. The third-order valence-corrected chi connectivity index (χ3v) is 4.09. The Morgan fingerprint density at radius 3 is 2.56 bits per heavy atom. The fourth-order valence-corrected chi connectivity index (χ4v) is 2.73. The van der Waals surface area contributed by atoms with Crippen LogP contribution in [0.15, 0.2) is 53.8 Å². The summed E-state index contributed by atoms with van der Waals surface area (Å²) in [7, 11) is 1.49. The van der Waals surface area contributed by atoms with Crippen molar-refractivity contribution in [2.24, 2.45) is 7.05 Å². The lowest BCUT2D eigenvalue weighted by Gasteiger charge is -2.16. The average Bonchev–Trinajstić information content (AvgIpc) is 2.98. The Morgan fingerprint density at radius 1 is 1.19 bits per heavy atom. The van der Waals surface area contributed by atoms with E-state index in [1.807, 2.05) is 13.0 Å². The molecule has 3 aromatic rings. The van der Waals surface area contributed by atoms with Gasteiger partial charge in [0, 0.05) is 12.6 Å². The summed E-state index contributed by atoms with van der Waals surface area (Å²) in [6, 6.07) is 11.2. The predicted molar refractivity (Wildman–Crippen MR) is 97.0 cm³/mol. The zero-order valence-corrected chi connectivity index (χ0v) is 14.9. The number of allylic oxidation sites excluding steroid dienone is 1. The predicted octanol–water partition coefficient (Wildman–Crippen LogP) is 3.52. The molecule has 0 amide bonds. The van der Waals surface area contributed by atoms with Gasteiger partial charge in [-0.1, -0.05) is 36.4 Å². The molecule has 6 nitrogen and oxygen atoms in total. The van der Waals surface area contributed by atoms with E-state index >= 15 is 0 Å². The molecule has 0 bridgehead atoms. The number of para-hydroxylation sites is 1. The standard InChI is InChI=1S/C19H18F2N4O2/c1-12(2)13-8-6-9-16(25-19(26)24(3)22-23-25)15(13)11-27-17-10-5-4-7-14(17)18(20)21/h4-10,18H,1,11H2,2-3H3. The van der Waals surface area contributed by atoms with Gasteiger partial charge in [-0.25, -0.2) is 13.6 Å². The summed E-state index contributed by atoms with van der Waals surface area (Å²) < 4.78 is 34.3. The van der Waals surface area contributed by atoms with Crippen LogP contribution in [0.5, 0.6) is 5.75 Å². The molecule has 0 aliphatic carbocycles. The third kappa shape index (κ3) is 3.64. The molecular weight excluding hydrogens is 354 g/mol. The van der Waals surface area contributed by atoms with Crippen molar-refractivity contribution in [3.05, 3.63) is 76.2 Å². The molecule has 140 valence electrons. The molecule has 1 aromatic heterocycles. The van der Waals surface area contributed by atoms with Crippen molar-refractivity contribution in [3.8, 4) is 11.4 Å². The van der Waals surface area contributed by atoms with E-state index in [-0.39, 0.29) is 17.9 Å². The minimum atomic E-state index is -2.65. The van der Waals surface area contributed by atoms with Crippen LogP contribution in [0.2, 0.25) is 0 Å². The Bertz CT molecular complexity index is 1040. The highest BCUT2D eigenvalue weighted by molar-refractivity contribution is 5.68. The van der Waals surface area contributed by atoms with Gasteiger partial charge >= 0.3 is 5.69 Å². The van der Waals surface area contributed by atoms with Crippen LogP contribution in [0, 0.1) is 0 Å². The van der Waals surface area contributed by atoms with Gasteiger partial charge < -0.3 is 4.74 Å². The molecule has 0 fully saturated rings. The Balaban J connectivity index is 2.05. The molecule has 2 aromatic carbocycles. The van der Waals surface area contributed by atoms with E-state index < -0.39 is 12.1 Å². The highest BCUT2D eigenvalue weighted by atomic mass is 19.3. The van der Waals surface area contributed by atoms with Crippen molar-refractivity contribution in [2.75, 3.05) is 0 Å². The van der Waals surface area contributed by atoms with Crippen molar-refractivity contribution >= 4 is 5.57 Å². The molecule has 0 aliphatic rings. The number of aryl methyl sites for hydroxylation is 1. The van der Waals surface area contributed by atoms with Crippen LogP contribution in [0.4, 0.5) is 8.78 Å². The zero-order chi connectivity index (χ0) is 19.6. The second-order valence-electron chi connectivity index (χ2n) is 6.01. The molecule has 0 saturated heterocycles. The highest BCUT2D eigenvalue weighted by Gasteiger charge is 2.18. The first-order valence-corrected chi connectivity index (χ1v) is 8.17. The lowest BCUT2D eigenvalue weighted by Crippen LogP contribution is -2.23. The molecule has 0 N–H and O–H groups in total. The number of hydrogen-bond donors (Lipinski definition) is 0. The van der Waals surface area contributed by atoms with Crippen LogP contribution < -0.4 is 10.4 Å². The van der Waals surface area contributed by atoms with Crippen LogP contribution >= 0.6 is 0 Å². The molecule has 0 spiro atoms. The molecule has 8 heteroatoms. The number of alkyl halides is 2. The number of halogens is 2. The number of tetrazole rings is 1. The van der Waals surface area contributed by atoms with E-state index in [1.165, 1.54) is 25.2 Å². The van der Waals surface area contributed by atoms with E-state index in [4.69, 9.17) is 4.74 Å². The van der Waals surface area contributed by atoms with Crippen molar-refractivity contribution in [1.29, 1.82) is 0 Å². The second-order valence-corrected chi connectivity index (χ2v) is 6.01. The van der Waals surface area contributed by atoms with Gasteiger partial charge in [-0.2, -0.15) is 9.36 Å². The quantitative estimate of drug-likeness (QED) is 0.664. The maximum Gasteiger partial charge on any atom is 0.368 e. The number of aromatic nitrogens is 4. The Labute approximate surface area is 154 Å². The van der Waals surface area contributed by atoms with Gasteiger partial charge in [-0.15, -0.1) is 0 Å². The lowest BCUT2D eigenvalue weighted by atomic mass is 10.0. The van der Waals surface area contributed by atoms with Gasteiger partial charge in [0.05, 0.1) is 11.3 Å². The van der Waals surface area contributed by atoms with E-state index in [2.05, 4.69) is 17.0 Å².